The number of esters is 1. The summed E-state index contributed by atoms with van der Waals surface area (Å²) in [5.41, 5.74) is 7.34. The average Bonchev–Trinajstić information content (AvgIpc) is 3.16. The Labute approximate surface area is 167 Å². The van der Waals surface area contributed by atoms with Crippen molar-refractivity contribution in [2.75, 3.05) is 6.54 Å². The molecule has 0 aliphatic carbocycles. The SMILES string of the molecule is CC(C)Oc1ccc(-c2nc(-c3ccc(COC(=O)CN)cc3Cl)no2)cc1. The van der Waals surface area contributed by atoms with E-state index in [-0.39, 0.29) is 19.3 Å². The van der Waals surface area contributed by atoms with E-state index in [1.54, 1.807) is 18.2 Å². The van der Waals surface area contributed by atoms with Gasteiger partial charge in [-0.15, -0.1) is 0 Å². The summed E-state index contributed by atoms with van der Waals surface area (Å²) in [7, 11) is 0. The lowest BCUT2D eigenvalue weighted by Crippen LogP contribution is -2.16. The fourth-order valence-electron chi connectivity index (χ4n) is 2.45. The number of nitrogens with two attached hydrogens (primary N) is 1. The molecule has 8 heteroatoms. The second-order valence-electron chi connectivity index (χ2n) is 6.29. The monoisotopic (exact) mass is 401 g/mol. The van der Waals surface area contributed by atoms with Crippen molar-refractivity contribution in [3.63, 3.8) is 0 Å². The van der Waals surface area contributed by atoms with Crippen molar-refractivity contribution >= 4 is 17.6 Å². The van der Waals surface area contributed by atoms with E-state index in [1.165, 1.54) is 0 Å². The minimum Gasteiger partial charge on any atom is -0.491 e. The molecule has 0 aliphatic rings. The first-order chi connectivity index (χ1) is 13.5. The molecular formula is C20H20ClN3O4. The van der Waals surface area contributed by atoms with E-state index in [0.29, 0.717) is 22.3 Å². The topological polar surface area (TPSA) is 100 Å². The number of halogens is 1. The number of hydrogen-bond acceptors (Lipinski definition) is 7. The third-order valence-electron chi connectivity index (χ3n) is 3.74. The number of carbonyl (C=O) groups is 1. The van der Waals surface area contributed by atoms with Crippen LogP contribution in [0.4, 0.5) is 0 Å². The Morgan fingerprint density at radius 3 is 2.61 bits per heavy atom. The van der Waals surface area contributed by atoms with E-state index in [0.717, 1.165) is 16.9 Å². The Kier molecular flexibility index (Phi) is 6.28. The number of aromatic nitrogens is 2. The zero-order chi connectivity index (χ0) is 20.1. The van der Waals surface area contributed by atoms with Crippen molar-refractivity contribution in [2.45, 2.75) is 26.6 Å². The van der Waals surface area contributed by atoms with Crippen molar-refractivity contribution in [1.29, 1.82) is 0 Å². The molecule has 146 valence electrons. The summed E-state index contributed by atoms with van der Waals surface area (Å²) < 4.78 is 16.0. The predicted octanol–water partition coefficient (Wildman–Crippen LogP) is 3.85. The second-order valence-corrected chi connectivity index (χ2v) is 6.70. The minimum absolute atomic E-state index is 0.0956. The van der Waals surface area contributed by atoms with Gasteiger partial charge in [-0.25, -0.2) is 0 Å². The normalized spacial score (nSPS) is 10.9. The molecule has 0 unspecified atom stereocenters. The third kappa shape index (κ3) is 4.88. The largest absolute Gasteiger partial charge is 0.491 e. The zero-order valence-electron chi connectivity index (χ0n) is 15.5. The molecule has 2 N–H and O–H groups in total. The van der Waals surface area contributed by atoms with Gasteiger partial charge in [0, 0.05) is 11.1 Å². The maximum Gasteiger partial charge on any atom is 0.320 e. The first-order valence-electron chi connectivity index (χ1n) is 8.71. The Morgan fingerprint density at radius 1 is 1.21 bits per heavy atom. The van der Waals surface area contributed by atoms with Crippen LogP contribution in [0, 0.1) is 0 Å². The van der Waals surface area contributed by atoms with E-state index >= 15 is 0 Å². The number of benzene rings is 2. The summed E-state index contributed by atoms with van der Waals surface area (Å²) in [5, 5.41) is 4.43. The van der Waals surface area contributed by atoms with Gasteiger partial charge in [0.15, 0.2) is 0 Å². The van der Waals surface area contributed by atoms with Crippen molar-refractivity contribution in [3.8, 4) is 28.6 Å². The number of ether oxygens (including phenoxy) is 2. The maximum atomic E-state index is 11.1. The summed E-state index contributed by atoms with van der Waals surface area (Å²) in [5.74, 6) is 1.04. The smallest absolute Gasteiger partial charge is 0.320 e. The number of rotatable bonds is 7. The molecule has 28 heavy (non-hydrogen) atoms. The fourth-order valence-corrected chi connectivity index (χ4v) is 2.74. The van der Waals surface area contributed by atoms with Gasteiger partial charge in [0.05, 0.1) is 17.7 Å². The molecule has 3 rings (SSSR count). The summed E-state index contributed by atoms with van der Waals surface area (Å²) >= 11 is 6.33. The van der Waals surface area contributed by atoms with Crippen LogP contribution in [-0.2, 0) is 16.1 Å². The Balaban J connectivity index is 1.75. The van der Waals surface area contributed by atoms with Gasteiger partial charge in [-0.2, -0.15) is 4.98 Å². The molecule has 0 spiro atoms. The van der Waals surface area contributed by atoms with Crippen molar-refractivity contribution < 1.29 is 18.8 Å². The molecule has 1 aromatic heterocycles. The van der Waals surface area contributed by atoms with Crippen LogP contribution < -0.4 is 10.5 Å². The quantitative estimate of drug-likeness (QED) is 0.600. The molecule has 0 aliphatic heterocycles. The predicted molar refractivity (Wildman–Crippen MR) is 105 cm³/mol. The minimum atomic E-state index is -0.479. The van der Waals surface area contributed by atoms with Crippen molar-refractivity contribution in [1.82, 2.24) is 10.1 Å². The molecule has 0 bridgehead atoms. The van der Waals surface area contributed by atoms with Crippen LogP contribution in [0.3, 0.4) is 0 Å². The van der Waals surface area contributed by atoms with E-state index in [1.807, 2.05) is 38.1 Å². The molecule has 0 fully saturated rings. The van der Waals surface area contributed by atoms with Crippen LogP contribution in [0.15, 0.2) is 47.0 Å². The molecule has 2 aromatic carbocycles. The van der Waals surface area contributed by atoms with Crippen molar-refractivity contribution in [2.24, 2.45) is 5.73 Å². The highest BCUT2D eigenvalue weighted by molar-refractivity contribution is 6.33. The molecule has 0 radical (unpaired) electrons. The van der Waals surface area contributed by atoms with E-state index < -0.39 is 5.97 Å². The van der Waals surface area contributed by atoms with E-state index in [9.17, 15) is 4.79 Å². The highest BCUT2D eigenvalue weighted by Gasteiger charge is 2.14. The Hall–Kier alpha value is -2.90. The van der Waals surface area contributed by atoms with Gasteiger partial charge in [-0.1, -0.05) is 22.8 Å². The Bertz CT molecular complexity index is 954. The number of carbonyl (C=O) groups excluding carboxylic acids is 1. The highest BCUT2D eigenvalue weighted by Crippen LogP contribution is 2.29. The number of nitrogens with zero attached hydrogens (tertiary/aromatic N) is 2. The molecule has 0 amide bonds. The van der Waals surface area contributed by atoms with Gasteiger partial charge in [-0.3, -0.25) is 4.79 Å². The molecule has 1 heterocycles. The van der Waals surface area contributed by atoms with Gasteiger partial charge in [-0.05, 0) is 55.8 Å². The molecule has 0 saturated heterocycles. The van der Waals surface area contributed by atoms with Gasteiger partial charge in [0.2, 0.25) is 5.82 Å². The van der Waals surface area contributed by atoms with Gasteiger partial charge in [0.25, 0.3) is 5.89 Å². The van der Waals surface area contributed by atoms with E-state index in [4.69, 9.17) is 31.3 Å². The van der Waals surface area contributed by atoms with E-state index in [2.05, 4.69) is 10.1 Å². The Morgan fingerprint density at radius 2 is 1.96 bits per heavy atom. The first-order valence-corrected chi connectivity index (χ1v) is 9.09. The molecule has 7 nitrogen and oxygen atoms in total. The summed E-state index contributed by atoms with van der Waals surface area (Å²) in [6, 6.07) is 12.6. The summed E-state index contributed by atoms with van der Waals surface area (Å²) in [6.07, 6.45) is 0.102. The van der Waals surface area contributed by atoms with Crippen LogP contribution in [0.2, 0.25) is 5.02 Å². The average molecular weight is 402 g/mol. The molecule has 0 saturated carbocycles. The maximum absolute atomic E-state index is 11.1. The van der Waals surface area contributed by atoms with Gasteiger partial charge < -0.3 is 19.7 Å². The lowest BCUT2D eigenvalue weighted by atomic mass is 10.1. The lowest BCUT2D eigenvalue weighted by molar-refractivity contribution is -0.143. The van der Waals surface area contributed by atoms with Gasteiger partial charge in [0.1, 0.15) is 12.4 Å². The standard InChI is InChI=1S/C20H20ClN3O4/c1-12(2)27-15-6-4-14(5-7-15)20-23-19(24-28-20)16-8-3-13(9-17(16)21)11-26-18(25)10-22/h3-9,12H,10-11,22H2,1-2H3. The summed E-state index contributed by atoms with van der Waals surface area (Å²) in [6.45, 7) is 3.87. The third-order valence-corrected chi connectivity index (χ3v) is 4.05. The van der Waals surface area contributed by atoms with Gasteiger partial charge >= 0.3 is 5.97 Å². The highest BCUT2D eigenvalue weighted by atomic mass is 35.5. The fraction of sp³-hybridized carbons (Fsp3) is 0.250. The van der Waals surface area contributed by atoms with Crippen LogP contribution >= 0.6 is 11.6 Å². The molecular weight excluding hydrogens is 382 g/mol. The van der Waals surface area contributed by atoms with Crippen LogP contribution in [0.1, 0.15) is 19.4 Å². The zero-order valence-corrected chi connectivity index (χ0v) is 16.3. The summed E-state index contributed by atoms with van der Waals surface area (Å²) in [4.78, 5) is 15.6. The second kappa shape index (κ2) is 8.86. The van der Waals surface area contributed by atoms with Crippen LogP contribution in [0.25, 0.3) is 22.8 Å². The van der Waals surface area contributed by atoms with Crippen LogP contribution in [-0.4, -0.2) is 28.8 Å². The molecule has 3 aromatic rings. The van der Waals surface area contributed by atoms with Crippen LogP contribution in [0.5, 0.6) is 5.75 Å². The lowest BCUT2D eigenvalue weighted by Gasteiger charge is -2.09. The first kappa shape index (κ1) is 19.9. The molecule has 0 atom stereocenters. The number of hydrogen-bond donors (Lipinski definition) is 1. The van der Waals surface area contributed by atoms with Crippen molar-refractivity contribution in [3.05, 3.63) is 53.1 Å².